The van der Waals surface area contributed by atoms with Gasteiger partial charge in [0.05, 0.1) is 25.8 Å². The maximum atomic E-state index is 12.5. The standard InChI is InChI=1S/C17H20N2O3S/c1-11(14-10-12(21-2)7-8-15(14)22-3)19-16(20)13-6-5-9-18-17(13)23-4/h5-11H,1-4H3,(H,19,20). The van der Waals surface area contributed by atoms with Gasteiger partial charge in [-0.15, -0.1) is 11.8 Å². The van der Waals surface area contributed by atoms with Gasteiger partial charge in [-0.05, 0) is 43.5 Å². The van der Waals surface area contributed by atoms with E-state index in [-0.39, 0.29) is 11.9 Å². The van der Waals surface area contributed by atoms with E-state index in [4.69, 9.17) is 9.47 Å². The minimum Gasteiger partial charge on any atom is -0.497 e. The first kappa shape index (κ1) is 17.1. The highest BCUT2D eigenvalue weighted by Crippen LogP contribution is 2.29. The number of nitrogens with zero attached hydrogens (tertiary/aromatic N) is 1. The number of nitrogens with one attached hydrogen (secondary N) is 1. The summed E-state index contributed by atoms with van der Waals surface area (Å²) >= 11 is 1.44. The molecular formula is C17H20N2O3S. The molecule has 1 heterocycles. The molecule has 1 N–H and O–H groups in total. The monoisotopic (exact) mass is 332 g/mol. The zero-order valence-electron chi connectivity index (χ0n) is 13.6. The zero-order valence-corrected chi connectivity index (χ0v) is 14.4. The Morgan fingerprint density at radius 1 is 1.26 bits per heavy atom. The van der Waals surface area contributed by atoms with Gasteiger partial charge < -0.3 is 14.8 Å². The molecular weight excluding hydrogens is 312 g/mol. The largest absolute Gasteiger partial charge is 0.497 e. The number of benzene rings is 1. The Kier molecular flexibility index (Phi) is 5.87. The van der Waals surface area contributed by atoms with Gasteiger partial charge in [0.15, 0.2) is 0 Å². The van der Waals surface area contributed by atoms with Crippen LogP contribution in [-0.4, -0.2) is 31.4 Å². The van der Waals surface area contributed by atoms with E-state index in [0.29, 0.717) is 22.1 Å². The Morgan fingerprint density at radius 2 is 2.04 bits per heavy atom. The second-order valence-corrected chi connectivity index (χ2v) is 5.66. The van der Waals surface area contributed by atoms with Gasteiger partial charge in [-0.1, -0.05) is 0 Å². The predicted molar refractivity (Wildman–Crippen MR) is 91.4 cm³/mol. The Balaban J connectivity index is 2.24. The molecule has 2 rings (SSSR count). The average molecular weight is 332 g/mol. The number of amides is 1. The Morgan fingerprint density at radius 3 is 2.70 bits per heavy atom. The molecule has 122 valence electrons. The van der Waals surface area contributed by atoms with Crippen molar-refractivity contribution in [3.05, 3.63) is 47.7 Å². The molecule has 23 heavy (non-hydrogen) atoms. The van der Waals surface area contributed by atoms with Crippen LogP contribution in [0.4, 0.5) is 0 Å². The van der Waals surface area contributed by atoms with Crippen molar-refractivity contribution in [3.8, 4) is 11.5 Å². The van der Waals surface area contributed by atoms with Gasteiger partial charge in [-0.25, -0.2) is 4.98 Å². The van der Waals surface area contributed by atoms with Crippen LogP contribution in [0.5, 0.6) is 11.5 Å². The lowest BCUT2D eigenvalue weighted by atomic mass is 10.1. The van der Waals surface area contributed by atoms with Crippen LogP contribution in [0.15, 0.2) is 41.6 Å². The molecule has 1 atom stereocenters. The maximum absolute atomic E-state index is 12.5. The lowest BCUT2D eigenvalue weighted by molar-refractivity contribution is 0.0935. The third-order valence-corrected chi connectivity index (χ3v) is 4.17. The number of methoxy groups -OCH3 is 2. The molecule has 0 aliphatic rings. The van der Waals surface area contributed by atoms with Gasteiger partial charge >= 0.3 is 0 Å². The molecule has 0 radical (unpaired) electrons. The second-order valence-electron chi connectivity index (χ2n) is 4.86. The molecule has 0 aliphatic heterocycles. The van der Waals surface area contributed by atoms with E-state index in [9.17, 15) is 4.79 Å². The molecule has 0 saturated carbocycles. The van der Waals surface area contributed by atoms with Crippen LogP contribution in [0.25, 0.3) is 0 Å². The molecule has 1 aromatic heterocycles. The zero-order chi connectivity index (χ0) is 16.8. The fourth-order valence-corrected chi connectivity index (χ4v) is 2.80. The third kappa shape index (κ3) is 3.96. The Bertz CT molecular complexity index is 691. The van der Waals surface area contributed by atoms with Crippen molar-refractivity contribution in [1.29, 1.82) is 0 Å². The van der Waals surface area contributed by atoms with E-state index in [2.05, 4.69) is 10.3 Å². The SMILES string of the molecule is COc1ccc(OC)c(C(C)NC(=O)c2cccnc2SC)c1. The van der Waals surface area contributed by atoms with Crippen molar-refractivity contribution < 1.29 is 14.3 Å². The quantitative estimate of drug-likeness (QED) is 0.822. The number of thioether (sulfide) groups is 1. The summed E-state index contributed by atoms with van der Waals surface area (Å²) in [6.45, 7) is 1.91. The fraction of sp³-hybridized carbons (Fsp3) is 0.294. The fourth-order valence-electron chi connectivity index (χ4n) is 2.26. The van der Waals surface area contributed by atoms with E-state index >= 15 is 0 Å². The summed E-state index contributed by atoms with van der Waals surface area (Å²) in [4.78, 5) is 16.7. The van der Waals surface area contributed by atoms with Gasteiger partial charge in [0.25, 0.3) is 5.91 Å². The molecule has 0 spiro atoms. The van der Waals surface area contributed by atoms with E-state index in [1.54, 1.807) is 32.5 Å². The molecule has 6 heteroatoms. The summed E-state index contributed by atoms with van der Waals surface area (Å²) in [5.74, 6) is 1.25. The summed E-state index contributed by atoms with van der Waals surface area (Å²) in [6.07, 6.45) is 3.57. The van der Waals surface area contributed by atoms with Gasteiger partial charge in [0.2, 0.25) is 0 Å². The molecule has 0 aliphatic carbocycles. The molecule has 0 saturated heterocycles. The van der Waals surface area contributed by atoms with Gasteiger partial charge in [-0.2, -0.15) is 0 Å². The Labute approximate surface area is 140 Å². The van der Waals surface area contributed by atoms with Crippen LogP contribution in [-0.2, 0) is 0 Å². The van der Waals surface area contributed by atoms with Crippen molar-refractivity contribution in [2.24, 2.45) is 0 Å². The van der Waals surface area contributed by atoms with E-state index in [1.807, 2.05) is 31.4 Å². The predicted octanol–water partition coefficient (Wildman–Crippen LogP) is 3.31. The van der Waals surface area contributed by atoms with Crippen molar-refractivity contribution in [3.63, 3.8) is 0 Å². The van der Waals surface area contributed by atoms with Gasteiger partial charge in [-0.3, -0.25) is 4.79 Å². The summed E-state index contributed by atoms with van der Waals surface area (Å²) in [5.41, 5.74) is 1.42. The first-order chi connectivity index (χ1) is 11.1. The topological polar surface area (TPSA) is 60.5 Å². The number of pyridine rings is 1. The van der Waals surface area contributed by atoms with Crippen LogP contribution in [0.1, 0.15) is 28.9 Å². The summed E-state index contributed by atoms with van der Waals surface area (Å²) in [7, 11) is 3.21. The number of carbonyl (C=O) groups is 1. The highest BCUT2D eigenvalue weighted by atomic mass is 32.2. The summed E-state index contributed by atoms with van der Waals surface area (Å²) in [5, 5.41) is 3.69. The van der Waals surface area contributed by atoms with Crippen LogP contribution in [0, 0.1) is 0 Å². The second kappa shape index (κ2) is 7.87. The summed E-state index contributed by atoms with van der Waals surface area (Å²) in [6, 6.07) is 8.80. The molecule has 2 aromatic rings. The lowest BCUT2D eigenvalue weighted by Gasteiger charge is -2.18. The van der Waals surface area contributed by atoms with Crippen molar-refractivity contribution in [2.75, 3.05) is 20.5 Å². The number of carbonyl (C=O) groups excluding carboxylic acids is 1. The number of rotatable bonds is 6. The molecule has 5 nitrogen and oxygen atoms in total. The van der Waals surface area contributed by atoms with Crippen molar-refractivity contribution >= 4 is 17.7 Å². The molecule has 1 unspecified atom stereocenters. The highest BCUT2D eigenvalue weighted by Gasteiger charge is 2.18. The highest BCUT2D eigenvalue weighted by molar-refractivity contribution is 7.98. The molecule has 1 amide bonds. The lowest BCUT2D eigenvalue weighted by Crippen LogP contribution is -2.27. The van der Waals surface area contributed by atoms with Gasteiger partial charge in [0, 0.05) is 11.8 Å². The van der Waals surface area contributed by atoms with Gasteiger partial charge in [0.1, 0.15) is 16.5 Å². The molecule has 0 fully saturated rings. The minimum absolute atomic E-state index is 0.167. The normalized spacial score (nSPS) is 11.7. The summed E-state index contributed by atoms with van der Waals surface area (Å²) < 4.78 is 10.6. The van der Waals surface area contributed by atoms with Crippen LogP contribution < -0.4 is 14.8 Å². The van der Waals surface area contributed by atoms with Crippen LogP contribution >= 0.6 is 11.8 Å². The van der Waals surface area contributed by atoms with Crippen LogP contribution in [0.3, 0.4) is 0 Å². The van der Waals surface area contributed by atoms with E-state index in [1.165, 1.54) is 11.8 Å². The maximum Gasteiger partial charge on any atom is 0.254 e. The third-order valence-electron chi connectivity index (χ3n) is 3.46. The smallest absolute Gasteiger partial charge is 0.254 e. The van der Waals surface area contributed by atoms with E-state index < -0.39 is 0 Å². The van der Waals surface area contributed by atoms with Crippen molar-refractivity contribution in [2.45, 2.75) is 18.0 Å². The molecule has 1 aromatic carbocycles. The number of hydrogen-bond donors (Lipinski definition) is 1. The number of ether oxygens (including phenoxy) is 2. The first-order valence-corrected chi connectivity index (χ1v) is 8.35. The van der Waals surface area contributed by atoms with Crippen LogP contribution in [0.2, 0.25) is 0 Å². The number of hydrogen-bond acceptors (Lipinski definition) is 5. The van der Waals surface area contributed by atoms with Crippen molar-refractivity contribution in [1.82, 2.24) is 10.3 Å². The minimum atomic E-state index is -0.234. The average Bonchev–Trinajstić information content (AvgIpc) is 2.60. The molecule has 0 bridgehead atoms. The Hall–Kier alpha value is -2.21. The number of aromatic nitrogens is 1. The first-order valence-electron chi connectivity index (χ1n) is 7.12. The van der Waals surface area contributed by atoms with E-state index in [0.717, 1.165) is 5.56 Å².